The molecule has 5 heteroatoms. The molecule has 2 rings (SSSR count). The van der Waals surface area contributed by atoms with Crippen LogP contribution in [0, 0.1) is 5.82 Å². The molecular weight excluding hydrogens is 328 g/mol. The summed E-state index contributed by atoms with van der Waals surface area (Å²) >= 11 is 13.8. The fraction of sp³-hybridized carbons (Fsp3) is 0.250. The molecule has 0 radical (unpaired) electrons. The third-order valence-corrected chi connectivity index (χ3v) is 5.33. The second kappa shape index (κ2) is 7.50. The van der Waals surface area contributed by atoms with Crippen molar-refractivity contribution in [3.8, 4) is 0 Å². The van der Waals surface area contributed by atoms with Gasteiger partial charge < -0.3 is 5.73 Å². The van der Waals surface area contributed by atoms with Crippen molar-refractivity contribution in [2.45, 2.75) is 29.5 Å². The van der Waals surface area contributed by atoms with Crippen molar-refractivity contribution in [2.75, 3.05) is 0 Å². The fourth-order valence-electron chi connectivity index (χ4n) is 2.00. The van der Waals surface area contributed by atoms with Crippen LogP contribution in [0.3, 0.4) is 0 Å². The number of hydrogen-bond acceptors (Lipinski definition) is 2. The van der Waals surface area contributed by atoms with Crippen molar-refractivity contribution in [3.63, 3.8) is 0 Å². The number of rotatable bonds is 5. The Morgan fingerprint density at radius 3 is 2.62 bits per heavy atom. The first kappa shape index (κ1) is 16.6. The molecule has 21 heavy (non-hydrogen) atoms. The molecule has 0 aliphatic carbocycles. The lowest BCUT2D eigenvalue weighted by Crippen LogP contribution is -2.25. The first-order valence-corrected chi connectivity index (χ1v) is 8.27. The third-order valence-electron chi connectivity index (χ3n) is 3.18. The van der Waals surface area contributed by atoms with E-state index in [-0.39, 0.29) is 17.1 Å². The Labute approximate surface area is 138 Å². The average Bonchev–Trinajstić information content (AvgIpc) is 2.47. The molecule has 0 saturated heterocycles. The van der Waals surface area contributed by atoms with E-state index in [0.717, 1.165) is 16.9 Å². The summed E-state index contributed by atoms with van der Waals surface area (Å²) in [5.74, 6) is -0.265. The summed E-state index contributed by atoms with van der Waals surface area (Å²) in [5.41, 5.74) is 7.07. The Hall–Kier alpha value is -0.740. The van der Waals surface area contributed by atoms with Gasteiger partial charge in [-0.3, -0.25) is 0 Å². The molecular formula is C16H16Cl2FNS. The first-order valence-electron chi connectivity index (χ1n) is 6.64. The highest BCUT2D eigenvalue weighted by Gasteiger charge is 2.21. The largest absolute Gasteiger partial charge is 0.326 e. The molecule has 0 aromatic heterocycles. The molecule has 0 fully saturated rings. The van der Waals surface area contributed by atoms with Gasteiger partial charge in [0.15, 0.2) is 0 Å². The number of thioether (sulfide) groups is 1. The van der Waals surface area contributed by atoms with Gasteiger partial charge in [-0.1, -0.05) is 42.3 Å². The van der Waals surface area contributed by atoms with Gasteiger partial charge >= 0.3 is 0 Å². The van der Waals surface area contributed by atoms with Crippen LogP contribution in [-0.4, -0.2) is 6.04 Å². The van der Waals surface area contributed by atoms with Crippen molar-refractivity contribution in [3.05, 3.63) is 63.9 Å². The lowest BCUT2D eigenvalue weighted by atomic mass is 10.0. The van der Waals surface area contributed by atoms with Gasteiger partial charge in [-0.2, -0.15) is 0 Å². The molecule has 2 N–H and O–H groups in total. The maximum atomic E-state index is 13.5. The van der Waals surface area contributed by atoms with Gasteiger partial charge in [0.2, 0.25) is 0 Å². The SMILES string of the molecule is CCC(N)C(Sc1cc(Cl)ccc1Cl)c1cccc(F)c1. The van der Waals surface area contributed by atoms with Crippen LogP contribution in [0.2, 0.25) is 10.0 Å². The summed E-state index contributed by atoms with van der Waals surface area (Å²) in [6, 6.07) is 11.7. The van der Waals surface area contributed by atoms with Crippen LogP contribution in [0.5, 0.6) is 0 Å². The van der Waals surface area contributed by atoms with Crippen molar-refractivity contribution in [1.29, 1.82) is 0 Å². The van der Waals surface area contributed by atoms with Crippen molar-refractivity contribution >= 4 is 35.0 Å². The minimum Gasteiger partial charge on any atom is -0.326 e. The van der Waals surface area contributed by atoms with E-state index in [0.29, 0.717) is 10.0 Å². The standard InChI is InChI=1S/C16H16Cl2FNS/c1-2-14(20)16(10-4-3-5-12(19)8-10)21-15-9-11(17)6-7-13(15)18/h3-9,14,16H,2,20H2,1H3. The van der Waals surface area contributed by atoms with Crippen molar-refractivity contribution in [1.82, 2.24) is 0 Å². The summed E-state index contributed by atoms with van der Waals surface area (Å²) in [5, 5.41) is 1.15. The molecule has 0 bridgehead atoms. The lowest BCUT2D eigenvalue weighted by Gasteiger charge is -2.23. The van der Waals surface area contributed by atoms with Crippen LogP contribution in [0.15, 0.2) is 47.4 Å². The van der Waals surface area contributed by atoms with E-state index in [1.54, 1.807) is 18.2 Å². The second-order valence-corrected chi connectivity index (χ2v) is 6.77. The molecule has 112 valence electrons. The van der Waals surface area contributed by atoms with Crippen LogP contribution >= 0.6 is 35.0 Å². The molecule has 2 aromatic rings. The zero-order chi connectivity index (χ0) is 15.4. The summed E-state index contributed by atoms with van der Waals surface area (Å²) in [7, 11) is 0. The highest BCUT2D eigenvalue weighted by Crippen LogP contribution is 2.42. The quantitative estimate of drug-likeness (QED) is 0.704. The van der Waals surface area contributed by atoms with Gasteiger partial charge in [0, 0.05) is 21.2 Å². The Balaban J connectivity index is 2.35. The van der Waals surface area contributed by atoms with E-state index in [9.17, 15) is 4.39 Å². The van der Waals surface area contributed by atoms with Crippen LogP contribution in [0.1, 0.15) is 24.2 Å². The minimum atomic E-state index is -0.265. The number of nitrogens with two attached hydrogens (primary N) is 1. The third kappa shape index (κ3) is 4.36. The fourth-order valence-corrected chi connectivity index (χ4v) is 3.79. The van der Waals surface area contributed by atoms with E-state index < -0.39 is 0 Å². The molecule has 0 amide bonds. The minimum absolute atomic E-state index is 0.0818. The van der Waals surface area contributed by atoms with E-state index in [1.807, 2.05) is 19.1 Å². The Morgan fingerprint density at radius 1 is 1.19 bits per heavy atom. The Morgan fingerprint density at radius 2 is 1.95 bits per heavy atom. The average molecular weight is 344 g/mol. The molecule has 2 unspecified atom stereocenters. The first-order chi connectivity index (χ1) is 10.0. The van der Waals surface area contributed by atoms with Crippen LogP contribution in [0.25, 0.3) is 0 Å². The number of hydrogen-bond donors (Lipinski definition) is 1. The predicted molar refractivity (Wildman–Crippen MR) is 89.7 cm³/mol. The zero-order valence-corrected chi connectivity index (χ0v) is 13.9. The van der Waals surface area contributed by atoms with Gasteiger partial charge in [-0.15, -0.1) is 11.8 Å². The van der Waals surface area contributed by atoms with Gasteiger partial charge in [0.25, 0.3) is 0 Å². The maximum Gasteiger partial charge on any atom is 0.123 e. The van der Waals surface area contributed by atoms with E-state index >= 15 is 0 Å². The maximum absolute atomic E-state index is 13.5. The van der Waals surface area contributed by atoms with Gasteiger partial charge in [0.1, 0.15) is 5.82 Å². The molecule has 0 aliphatic rings. The summed E-state index contributed by atoms with van der Waals surface area (Å²) in [4.78, 5) is 0.849. The summed E-state index contributed by atoms with van der Waals surface area (Å²) in [6.07, 6.45) is 0.784. The van der Waals surface area contributed by atoms with Gasteiger partial charge in [-0.25, -0.2) is 4.39 Å². The van der Waals surface area contributed by atoms with E-state index in [1.165, 1.54) is 23.9 Å². The molecule has 1 nitrogen and oxygen atoms in total. The zero-order valence-electron chi connectivity index (χ0n) is 11.5. The molecule has 2 atom stereocenters. The number of benzene rings is 2. The van der Waals surface area contributed by atoms with Crippen molar-refractivity contribution in [2.24, 2.45) is 5.73 Å². The molecule has 0 saturated carbocycles. The normalized spacial score (nSPS) is 14.0. The van der Waals surface area contributed by atoms with Crippen LogP contribution in [-0.2, 0) is 0 Å². The summed E-state index contributed by atoms with van der Waals surface area (Å²) < 4.78 is 13.5. The van der Waals surface area contributed by atoms with Crippen LogP contribution in [0.4, 0.5) is 4.39 Å². The topological polar surface area (TPSA) is 26.0 Å². The monoisotopic (exact) mass is 343 g/mol. The number of halogens is 3. The van der Waals surface area contributed by atoms with E-state index in [4.69, 9.17) is 28.9 Å². The Bertz CT molecular complexity index is 621. The molecule has 0 spiro atoms. The second-order valence-electron chi connectivity index (χ2n) is 4.74. The Kier molecular flexibility index (Phi) is 5.94. The molecule has 0 aliphatic heterocycles. The van der Waals surface area contributed by atoms with Crippen LogP contribution < -0.4 is 5.73 Å². The predicted octanol–water partition coefficient (Wildman–Crippen LogP) is 5.70. The van der Waals surface area contributed by atoms with Gasteiger partial charge in [0.05, 0.1) is 5.02 Å². The highest BCUT2D eigenvalue weighted by atomic mass is 35.5. The highest BCUT2D eigenvalue weighted by molar-refractivity contribution is 7.99. The van der Waals surface area contributed by atoms with Gasteiger partial charge in [-0.05, 0) is 42.3 Å². The van der Waals surface area contributed by atoms with E-state index in [2.05, 4.69) is 0 Å². The summed E-state index contributed by atoms with van der Waals surface area (Å²) in [6.45, 7) is 2.01. The smallest absolute Gasteiger partial charge is 0.123 e. The molecule has 2 aromatic carbocycles. The van der Waals surface area contributed by atoms with Crippen molar-refractivity contribution < 1.29 is 4.39 Å². The lowest BCUT2D eigenvalue weighted by molar-refractivity contribution is 0.610. The molecule has 0 heterocycles.